The quantitative estimate of drug-likeness (QED) is 0.135. The lowest BCUT2D eigenvalue weighted by Crippen LogP contribution is -2.20. The Morgan fingerprint density at radius 2 is 0.776 bits per heavy atom. The summed E-state index contributed by atoms with van der Waals surface area (Å²) >= 11 is 0. The van der Waals surface area contributed by atoms with Crippen LogP contribution in [0.1, 0.15) is 27.8 Å². The highest BCUT2D eigenvalue weighted by molar-refractivity contribution is 6.36. The molecule has 316 valence electrons. The maximum atomic E-state index is 9.63. The molecule has 0 spiro atoms. The van der Waals surface area contributed by atoms with E-state index in [1.165, 1.54) is 0 Å². The molecule has 0 fully saturated rings. The van der Waals surface area contributed by atoms with E-state index in [0.717, 1.165) is 106 Å². The summed E-state index contributed by atoms with van der Waals surface area (Å²) < 4.78 is 0. The molecule has 0 aliphatic carbocycles. The van der Waals surface area contributed by atoms with E-state index in [1.807, 2.05) is 60.7 Å². The van der Waals surface area contributed by atoms with Crippen LogP contribution in [0.5, 0.6) is 0 Å². The summed E-state index contributed by atoms with van der Waals surface area (Å²) in [5.41, 5.74) is 19.6. The molecule has 0 amide bonds. The second-order valence-corrected chi connectivity index (χ2v) is 16.6. The van der Waals surface area contributed by atoms with Crippen molar-refractivity contribution in [3.63, 3.8) is 0 Å². The third-order valence-electron chi connectivity index (χ3n) is 12.3. The SMILES string of the molecule is N=C(/C(=C1\NC(c2ccccc2)=Cc2cc(-c3ccc(-c4nc(-c5ccccc5)cc(-c5cc(-c6ccccc6)cc(-c6ccccc6)c5)n4)cc3)ccc21)c1ccccc1)c1ccccc1. The van der Waals surface area contributed by atoms with E-state index >= 15 is 0 Å². The Balaban J connectivity index is 1.01. The monoisotopic (exact) mass is 856 g/mol. The van der Waals surface area contributed by atoms with Crippen LogP contribution in [0.15, 0.2) is 249 Å². The predicted molar refractivity (Wildman–Crippen MR) is 279 cm³/mol. The molecule has 0 atom stereocenters. The Kier molecular flexibility index (Phi) is 11.1. The molecule has 11 rings (SSSR count). The third kappa shape index (κ3) is 8.55. The van der Waals surface area contributed by atoms with Crippen LogP contribution >= 0.6 is 0 Å². The number of fused-ring (bicyclic) bond motifs is 1. The molecule has 0 saturated heterocycles. The molecule has 9 aromatic carbocycles. The van der Waals surface area contributed by atoms with Gasteiger partial charge in [-0.3, -0.25) is 5.41 Å². The van der Waals surface area contributed by atoms with E-state index in [2.05, 4.69) is 199 Å². The van der Waals surface area contributed by atoms with Gasteiger partial charge in [0.1, 0.15) is 0 Å². The van der Waals surface area contributed by atoms with Crippen LogP contribution in [-0.2, 0) is 0 Å². The average molecular weight is 857 g/mol. The first-order valence-electron chi connectivity index (χ1n) is 22.6. The Morgan fingerprint density at radius 1 is 0.343 bits per heavy atom. The lowest BCUT2D eigenvalue weighted by Gasteiger charge is -2.26. The number of aromatic nitrogens is 2. The zero-order chi connectivity index (χ0) is 44.9. The zero-order valence-corrected chi connectivity index (χ0v) is 36.6. The first-order chi connectivity index (χ1) is 33.1. The van der Waals surface area contributed by atoms with Gasteiger partial charge in [0.2, 0.25) is 0 Å². The van der Waals surface area contributed by atoms with E-state index in [4.69, 9.17) is 9.97 Å². The average Bonchev–Trinajstić information content (AvgIpc) is 3.42. The van der Waals surface area contributed by atoms with Crippen molar-refractivity contribution < 1.29 is 0 Å². The van der Waals surface area contributed by atoms with Crippen molar-refractivity contribution in [2.45, 2.75) is 0 Å². The molecule has 1 aliphatic heterocycles. The van der Waals surface area contributed by atoms with Crippen molar-refractivity contribution >= 4 is 28.8 Å². The number of hydrogen-bond donors (Lipinski definition) is 2. The van der Waals surface area contributed by atoms with Gasteiger partial charge < -0.3 is 5.32 Å². The van der Waals surface area contributed by atoms with Gasteiger partial charge in [0.15, 0.2) is 5.82 Å². The van der Waals surface area contributed by atoms with Gasteiger partial charge in [-0.15, -0.1) is 0 Å². The first-order valence-corrected chi connectivity index (χ1v) is 22.6. The van der Waals surface area contributed by atoms with Crippen LogP contribution in [0.4, 0.5) is 0 Å². The molecule has 1 aliphatic rings. The van der Waals surface area contributed by atoms with E-state index in [0.29, 0.717) is 11.5 Å². The van der Waals surface area contributed by atoms with Crippen molar-refractivity contribution in [1.82, 2.24) is 15.3 Å². The molecule has 0 radical (unpaired) electrons. The summed E-state index contributed by atoms with van der Waals surface area (Å²) in [6, 6.07) is 86.1. The van der Waals surface area contributed by atoms with Crippen molar-refractivity contribution in [3.8, 4) is 67.3 Å². The number of benzene rings is 9. The maximum Gasteiger partial charge on any atom is 0.160 e. The lowest BCUT2D eigenvalue weighted by molar-refractivity contribution is 1.18. The van der Waals surface area contributed by atoms with E-state index in [9.17, 15) is 5.41 Å². The van der Waals surface area contributed by atoms with Gasteiger partial charge in [0.25, 0.3) is 0 Å². The van der Waals surface area contributed by atoms with E-state index in [-0.39, 0.29) is 0 Å². The molecular formula is C63H44N4. The number of rotatable bonds is 10. The molecule has 2 heterocycles. The standard InChI is InChI=1S/C63H44N4/c64-61(49-29-17-6-18-30-49)60(48-27-15-5-16-28-48)62-56-36-35-51(37-54(56)41-57(65-62)46-23-11-3-12-24-46)45-31-33-50(34-32-45)63-66-58(47-25-13-4-14-26-47)42-59(67-63)55-39-52(43-19-7-1-8-20-43)38-53(40-55)44-21-9-2-10-22-44/h1-42,64-65H/b62-60-,64-61?. The number of nitrogens with zero attached hydrogens (tertiary/aromatic N) is 2. The topological polar surface area (TPSA) is 61.7 Å². The fourth-order valence-corrected chi connectivity index (χ4v) is 8.88. The predicted octanol–water partition coefficient (Wildman–Crippen LogP) is 15.5. The molecule has 0 bridgehead atoms. The Morgan fingerprint density at radius 3 is 1.34 bits per heavy atom. The van der Waals surface area contributed by atoms with Gasteiger partial charge >= 0.3 is 0 Å². The Labute approximate surface area is 391 Å². The summed E-state index contributed by atoms with van der Waals surface area (Å²) in [6.45, 7) is 0. The summed E-state index contributed by atoms with van der Waals surface area (Å²) in [5, 5.41) is 13.4. The molecule has 2 N–H and O–H groups in total. The maximum absolute atomic E-state index is 9.63. The van der Waals surface area contributed by atoms with Gasteiger partial charge in [-0.1, -0.05) is 218 Å². The van der Waals surface area contributed by atoms with Crippen LogP contribution in [0, 0.1) is 5.41 Å². The molecule has 10 aromatic rings. The highest BCUT2D eigenvalue weighted by Crippen LogP contribution is 2.39. The van der Waals surface area contributed by atoms with Crippen LogP contribution in [0.25, 0.3) is 90.3 Å². The molecule has 67 heavy (non-hydrogen) atoms. The Hall–Kier alpha value is -8.99. The largest absolute Gasteiger partial charge is 0.354 e. The van der Waals surface area contributed by atoms with Gasteiger partial charge in [0, 0.05) is 39.1 Å². The lowest BCUT2D eigenvalue weighted by atomic mass is 9.87. The molecule has 1 aromatic heterocycles. The molecule has 0 unspecified atom stereocenters. The Bertz CT molecular complexity index is 3380. The van der Waals surface area contributed by atoms with Gasteiger partial charge in [-0.2, -0.15) is 0 Å². The minimum atomic E-state index is 0.455. The summed E-state index contributed by atoms with van der Waals surface area (Å²) in [4.78, 5) is 10.5. The summed E-state index contributed by atoms with van der Waals surface area (Å²) in [7, 11) is 0. The minimum Gasteiger partial charge on any atom is -0.354 e. The van der Waals surface area contributed by atoms with Gasteiger partial charge in [-0.05, 0) is 86.5 Å². The van der Waals surface area contributed by atoms with Crippen molar-refractivity contribution in [3.05, 3.63) is 277 Å². The normalized spacial score (nSPS) is 12.6. The molecule has 4 nitrogen and oxygen atoms in total. The second kappa shape index (κ2) is 18.2. The zero-order valence-electron chi connectivity index (χ0n) is 36.6. The van der Waals surface area contributed by atoms with E-state index in [1.54, 1.807) is 0 Å². The van der Waals surface area contributed by atoms with Gasteiger partial charge in [0.05, 0.1) is 22.8 Å². The van der Waals surface area contributed by atoms with E-state index < -0.39 is 0 Å². The molecule has 0 saturated carbocycles. The molecule has 4 heteroatoms. The second-order valence-electron chi connectivity index (χ2n) is 16.6. The summed E-state index contributed by atoms with van der Waals surface area (Å²) in [5.74, 6) is 0.658. The van der Waals surface area contributed by atoms with Crippen molar-refractivity contribution in [2.24, 2.45) is 0 Å². The van der Waals surface area contributed by atoms with Crippen LogP contribution in [0.2, 0.25) is 0 Å². The fraction of sp³-hybridized carbons (Fsp3) is 0. The number of nitrogens with one attached hydrogen (secondary N) is 2. The van der Waals surface area contributed by atoms with Gasteiger partial charge in [-0.25, -0.2) is 9.97 Å². The van der Waals surface area contributed by atoms with Crippen LogP contribution < -0.4 is 5.32 Å². The number of allylic oxidation sites excluding steroid dienone is 1. The smallest absolute Gasteiger partial charge is 0.160 e. The summed E-state index contributed by atoms with van der Waals surface area (Å²) in [6.07, 6.45) is 2.22. The molecular weight excluding hydrogens is 813 g/mol. The van der Waals surface area contributed by atoms with Crippen LogP contribution in [-0.4, -0.2) is 15.7 Å². The van der Waals surface area contributed by atoms with Crippen molar-refractivity contribution in [1.29, 1.82) is 5.41 Å². The number of hydrogen-bond acceptors (Lipinski definition) is 4. The first kappa shape index (κ1) is 40.8. The highest BCUT2D eigenvalue weighted by atomic mass is 14.9. The minimum absolute atomic E-state index is 0.455. The fourth-order valence-electron chi connectivity index (χ4n) is 8.88. The van der Waals surface area contributed by atoms with Crippen LogP contribution in [0.3, 0.4) is 0 Å². The highest BCUT2D eigenvalue weighted by Gasteiger charge is 2.24. The van der Waals surface area contributed by atoms with Crippen molar-refractivity contribution in [2.75, 3.05) is 0 Å². The third-order valence-corrected chi connectivity index (χ3v) is 12.3.